The first-order valence-corrected chi connectivity index (χ1v) is 10.2. The smallest absolute Gasteiger partial charge is 0.255 e. The van der Waals surface area contributed by atoms with Gasteiger partial charge in [-0.25, -0.2) is 9.97 Å². The van der Waals surface area contributed by atoms with Crippen LogP contribution in [0.25, 0.3) is 11.0 Å². The van der Waals surface area contributed by atoms with Crippen LogP contribution in [0.4, 0.5) is 5.69 Å². The monoisotopic (exact) mass is 437 g/mol. The van der Waals surface area contributed by atoms with Crippen LogP contribution >= 0.6 is 11.8 Å². The van der Waals surface area contributed by atoms with Crippen LogP contribution in [0.3, 0.4) is 0 Å². The molecule has 2 aromatic heterocycles. The number of carbonyl (C=O) groups is 1. The largest absolute Gasteiger partial charge is 0.502 e. The summed E-state index contributed by atoms with van der Waals surface area (Å²) in [6.45, 7) is 0. The molecule has 0 aliphatic rings. The molecule has 0 unspecified atom stereocenters. The Morgan fingerprint density at radius 2 is 1.94 bits per heavy atom. The number of anilines is 1. The van der Waals surface area contributed by atoms with Crippen LogP contribution in [-0.4, -0.2) is 45.4 Å². The number of fused-ring (bicyclic) bond motifs is 1. The van der Waals surface area contributed by atoms with Gasteiger partial charge < -0.3 is 19.9 Å². The van der Waals surface area contributed by atoms with E-state index in [9.17, 15) is 9.90 Å². The molecule has 0 radical (unpaired) electrons. The zero-order valence-electron chi connectivity index (χ0n) is 16.7. The van der Waals surface area contributed by atoms with E-state index in [4.69, 9.17) is 9.47 Å². The van der Waals surface area contributed by atoms with Gasteiger partial charge in [0, 0.05) is 17.0 Å². The molecule has 1 amide bonds. The molecule has 4 rings (SSSR count). The molecular weight excluding hydrogens is 418 g/mol. The Morgan fingerprint density at radius 1 is 1.16 bits per heavy atom. The third kappa shape index (κ3) is 4.38. The lowest BCUT2D eigenvalue weighted by Gasteiger charge is -2.12. The van der Waals surface area contributed by atoms with E-state index in [0.29, 0.717) is 22.7 Å². The van der Waals surface area contributed by atoms with Crippen molar-refractivity contribution >= 4 is 34.4 Å². The van der Waals surface area contributed by atoms with Crippen molar-refractivity contribution in [3.05, 3.63) is 60.0 Å². The van der Waals surface area contributed by atoms with Crippen LogP contribution < -0.4 is 14.8 Å². The van der Waals surface area contributed by atoms with Gasteiger partial charge in [0.1, 0.15) is 11.4 Å². The quantitative estimate of drug-likeness (QED) is 0.296. The van der Waals surface area contributed by atoms with Gasteiger partial charge in [0.25, 0.3) is 5.91 Å². The summed E-state index contributed by atoms with van der Waals surface area (Å²) < 4.78 is 10.2. The van der Waals surface area contributed by atoms with Crippen LogP contribution in [-0.2, 0) is 5.75 Å². The molecule has 0 spiro atoms. The Balaban J connectivity index is 1.48. The fraction of sp³-hybridized carbons (Fsp3) is 0.143. The summed E-state index contributed by atoms with van der Waals surface area (Å²) in [4.78, 5) is 21.2. The van der Waals surface area contributed by atoms with Gasteiger partial charge in [-0.05, 0) is 29.8 Å². The number of hydrogen-bond donors (Lipinski definition) is 3. The third-order valence-corrected chi connectivity index (χ3v) is 5.59. The predicted molar refractivity (Wildman–Crippen MR) is 117 cm³/mol. The average molecular weight is 437 g/mol. The standard InChI is InChI=1S/C21H19N5O4S/c1-29-16-7-13(8-17(30-2)18(16)27)20(28)25-14-5-3-4-12(6-14)10-31-21-15-9-24-26-19(15)22-11-23-21/h3-9,11,27H,10H2,1-2H3,(H,25,28)(H,22,23,24,26). The summed E-state index contributed by atoms with van der Waals surface area (Å²) in [5.41, 5.74) is 2.65. The molecule has 0 fully saturated rings. The number of aromatic nitrogens is 4. The number of H-pyrrole nitrogens is 1. The summed E-state index contributed by atoms with van der Waals surface area (Å²) in [6.07, 6.45) is 3.20. The number of aromatic amines is 1. The third-order valence-electron chi connectivity index (χ3n) is 4.51. The van der Waals surface area contributed by atoms with Crippen LogP contribution in [0, 0.1) is 0 Å². The molecule has 0 aliphatic carbocycles. The Kier molecular flexibility index (Phi) is 5.89. The SMILES string of the molecule is COc1cc(C(=O)Nc2cccc(CSc3ncnc4[nH]ncc34)c2)cc(OC)c1O. The lowest BCUT2D eigenvalue weighted by atomic mass is 10.1. The molecular formula is C21H19N5O4S. The predicted octanol–water partition coefficient (Wildman–Crippen LogP) is 3.62. The van der Waals surface area contributed by atoms with Crippen molar-refractivity contribution in [2.75, 3.05) is 19.5 Å². The van der Waals surface area contributed by atoms with Crippen LogP contribution in [0.15, 0.2) is 53.9 Å². The number of phenolic OH excluding ortho intramolecular Hbond substituents is 1. The van der Waals surface area contributed by atoms with Gasteiger partial charge in [-0.15, -0.1) is 11.8 Å². The molecule has 2 aromatic carbocycles. The number of rotatable bonds is 7. The fourth-order valence-corrected chi connectivity index (χ4v) is 3.89. The number of carbonyl (C=O) groups excluding carboxylic acids is 1. The maximum Gasteiger partial charge on any atom is 0.255 e. The Morgan fingerprint density at radius 3 is 2.68 bits per heavy atom. The molecule has 0 saturated carbocycles. The average Bonchev–Trinajstić information content (AvgIpc) is 3.27. The van der Waals surface area contributed by atoms with Gasteiger partial charge in [-0.3, -0.25) is 9.89 Å². The van der Waals surface area contributed by atoms with Crippen molar-refractivity contribution < 1.29 is 19.4 Å². The highest BCUT2D eigenvalue weighted by molar-refractivity contribution is 7.98. The van der Waals surface area contributed by atoms with E-state index in [0.717, 1.165) is 16.0 Å². The second-order valence-electron chi connectivity index (χ2n) is 6.48. The highest BCUT2D eigenvalue weighted by Crippen LogP contribution is 2.37. The fourth-order valence-electron chi connectivity index (χ4n) is 2.98. The zero-order chi connectivity index (χ0) is 21.8. The van der Waals surface area contributed by atoms with E-state index in [1.807, 2.05) is 18.2 Å². The molecule has 4 aromatic rings. The number of thioether (sulfide) groups is 1. The summed E-state index contributed by atoms with van der Waals surface area (Å²) in [6, 6.07) is 10.5. The van der Waals surface area contributed by atoms with Crippen molar-refractivity contribution in [3.63, 3.8) is 0 Å². The maximum atomic E-state index is 12.7. The van der Waals surface area contributed by atoms with Crippen molar-refractivity contribution in [1.82, 2.24) is 20.2 Å². The van der Waals surface area contributed by atoms with Crippen molar-refractivity contribution in [2.24, 2.45) is 0 Å². The summed E-state index contributed by atoms with van der Waals surface area (Å²) in [5, 5.41) is 21.4. The highest BCUT2D eigenvalue weighted by atomic mass is 32.2. The molecule has 158 valence electrons. The van der Waals surface area contributed by atoms with E-state index in [1.165, 1.54) is 32.7 Å². The number of nitrogens with one attached hydrogen (secondary N) is 2. The second kappa shape index (κ2) is 8.92. The van der Waals surface area contributed by atoms with Gasteiger partial charge in [0.05, 0.1) is 25.8 Å². The molecule has 31 heavy (non-hydrogen) atoms. The van der Waals surface area contributed by atoms with Gasteiger partial charge in [-0.2, -0.15) is 5.10 Å². The van der Waals surface area contributed by atoms with Crippen LogP contribution in [0.5, 0.6) is 17.2 Å². The number of aromatic hydroxyl groups is 1. The van der Waals surface area contributed by atoms with Gasteiger partial charge in [-0.1, -0.05) is 12.1 Å². The zero-order valence-corrected chi connectivity index (χ0v) is 17.6. The molecule has 3 N–H and O–H groups in total. The van der Waals surface area contributed by atoms with Crippen molar-refractivity contribution in [1.29, 1.82) is 0 Å². The first-order valence-electron chi connectivity index (χ1n) is 9.21. The molecule has 2 heterocycles. The van der Waals surface area contributed by atoms with Gasteiger partial charge >= 0.3 is 0 Å². The molecule has 0 aliphatic heterocycles. The molecule has 10 heteroatoms. The Bertz CT molecular complexity index is 1220. The van der Waals surface area contributed by atoms with E-state index in [1.54, 1.807) is 24.0 Å². The van der Waals surface area contributed by atoms with E-state index in [2.05, 4.69) is 25.5 Å². The van der Waals surface area contributed by atoms with Crippen LogP contribution in [0.1, 0.15) is 15.9 Å². The number of methoxy groups -OCH3 is 2. The minimum atomic E-state index is -0.350. The minimum absolute atomic E-state index is 0.156. The van der Waals surface area contributed by atoms with E-state index >= 15 is 0 Å². The number of amides is 1. The lowest BCUT2D eigenvalue weighted by Crippen LogP contribution is -2.12. The van der Waals surface area contributed by atoms with Gasteiger partial charge in [0.2, 0.25) is 5.75 Å². The first-order chi connectivity index (χ1) is 15.1. The van der Waals surface area contributed by atoms with E-state index < -0.39 is 0 Å². The van der Waals surface area contributed by atoms with Crippen LogP contribution in [0.2, 0.25) is 0 Å². The topological polar surface area (TPSA) is 122 Å². The number of nitrogens with zero attached hydrogens (tertiary/aromatic N) is 3. The molecule has 9 nitrogen and oxygen atoms in total. The molecule has 0 atom stereocenters. The maximum absolute atomic E-state index is 12.7. The Hall–Kier alpha value is -3.79. The van der Waals surface area contributed by atoms with Gasteiger partial charge in [0.15, 0.2) is 17.1 Å². The summed E-state index contributed by atoms with van der Waals surface area (Å²) in [5.74, 6) is 0.464. The molecule has 0 saturated heterocycles. The van der Waals surface area contributed by atoms with E-state index in [-0.39, 0.29) is 23.2 Å². The summed E-state index contributed by atoms with van der Waals surface area (Å²) >= 11 is 1.56. The number of ether oxygens (including phenoxy) is 2. The Labute approximate surface area is 181 Å². The summed E-state index contributed by atoms with van der Waals surface area (Å²) in [7, 11) is 2.82. The normalized spacial score (nSPS) is 10.8. The highest BCUT2D eigenvalue weighted by Gasteiger charge is 2.16. The second-order valence-corrected chi connectivity index (χ2v) is 7.45. The lowest BCUT2D eigenvalue weighted by molar-refractivity contribution is 0.102. The van der Waals surface area contributed by atoms with Crippen molar-refractivity contribution in [3.8, 4) is 17.2 Å². The molecule has 0 bridgehead atoms. The number of benzene rings is 2. The first kappa shape index (κ1) is 20.5. The number of phenols is 1. The van der Waals surface area contributed by atoms with Crippen molar-refractivity contribution in [2.45, 2.75) is 10.8 Å². The minimum Gasteiger partial charge on any atom is -0.502 e. The number of hydrogen-bond acceptors (Lipinski definition) is 8.